The Labute approximate surface area is 207 Å². The van der Waals surface area contributed by atoms with Gasteiger partial charge in [0.05, 0.1) is 23.8 Å². The van der Waals surface area contributed by atoms with Crippen molar-refractivity contribution in [3.63, 3.8) is 0 Å². The number of benzene rings is 4. The van der Waals surface area contributed by atoms with Crippen LogP contribution in [-0.4, -0.2) is 11.8 Å². The normalized spacial score (nSPS) is 13.4. The molecule has 35 heavy (non-hydrogen) atoms. The summed E-state index contributed by atoms with van der Waals surface area (Å²) in [4.78, 5) is 30.0. The molecule has 1 N–H and O–H groups in total. The second-order valence-electron chi connectivity index (χ2n) is 8.37. The number of halogens is 1. The van der Waals surface area contributed by atoms with Crippen molar-refractivity contribution in [1.29, 1.82) is 0 Å². The standard InChI is InChI=1S/C29H23FN2O2S/c1-19(20-9-3-2-4-10-20)31-28(33)21-15-16-27-25(17-21)32(18-22-11-5-7-13-24(22)30)29(34)23-12-6-8-14-26(23)35-27/h2-17,19H,18H2,1H3,(H,31,33). The number of nitrogens with zero attached hydrogens (tertiary/aromatic N) is 1. The molecule has 0 saturated carbocycles. The molecule has 1 aliphatic heterocycles. The van der Waals surface area contributed by atoms with Crippen LogP contribution in [0.25, 0.3) is 0 Å². The third-order valence-corrected chi connectivity index (χ3v) is 7.17. The molecular formula is C29H23FN2O2S. The van der Waals surface area contributed by atoms with Crippen molar-refractivity contribution in [3.8, 4) is 0 Å². The average Bonchev–Trinajstić information content (AvgIpc) is 3.00. The maximum Gasteiger partial charge on any atom is 0.259 e. The lowest BCUT2D eigenvalue weighted by Crippen LogP contribution is -2.31. The number of nitrogens with one attached hydrogen (secondary N) is 1. The van der Waals surface area contributed by atoms with Gasteiger partial charge in [-0.1, -0.05) is 72.4 Å². The van der Waals surface area contributed by atoms with Crippen molar-refractivity contribution in [3.05, 3.63) is 125 Å². The molecule has 6 heteroatoms. The van der Waals surface area contributed by atoms with E-state index in [0.29, 0.717) is 22.4 Å². The van der Waals surface area contributed by atoms with Crippen molar-refractivity contribution in [1.82, 2.24) is 5.32 Å². The van der Waals surface area contributed by atoms with Crippen LogP contribution in [-0.2, 0) is 6.54 Å². The summed E-state index contributed by atoms with van der Waals surface area (Å²) < 4.78 is 14.5. The maximum absolute atomic E-state index is 14.5. The molecule has 4 aromatic rings. The van der Waals surface area contributed by atoms with E-state index < -0.39 is 0 Å². The van der Waals surface area contributed by atoms with Gasteiger partial charge in [-0.05, 0) is 48.9 Å². The first kappa shape index (κ1) is 22.9. The number of anilines is 1. The monoisotopic (exact) mass is 482 g/mol. The third kappa shape index (κ3) is 4.70. The maximum atomic E-state index is 14.5. The van der Waals surface area contributed by atoms with Crippen molar-refractivity contribution < 1.29 is 14.0 Å². The summed E-state index contributed by atoms with van der Waals surface area (Å²) in [5, 5.41) is 3.03. The molecule has 0 aliphatic carbocycles. The van der Waals surface area contributed by atoms with Gasteiger partial charge in [0, 0.05) is 20.9 Å². The SMILES string of the molecule is CC(NC(=O)c1ccc2c(c1)N(Cc1ccccc1F)C(=O)c1ccccc1S2)c1ccccc1. The lowest BCUT2D eigenvalue weighted by molar-refractivity contribution is 0.0937. The molecule has 2 amide bonds. The van der Waals surface area contributed by atoms with Gasteiger partial charge in [-0.2, -0.15) is 0 Å². The summed E-state index contributed by atoms with van der Waals surface area (Å²) in [5.41, 5.74) is 2.97. The van der Waals surface area contributed by atoms with Gasteiger partial charge in [0.15, 0.2) is 0 Å². The van der Waals surface area contributed by atoms with Crippen LogP contribution in [0.2, 0.25) is 0 Å². The molecule has 4 nitrogen and oxygen atoms in total. The Kier molecular flexibility index (Phi) is 6.38. The zero-order chi connectivity index (χ0) is 24.4. The van der Waals surface area contributed by atoms with Crippen molar-refractivity contribution in [2.75, 3.05) is 4.90 Å². The van der Waals surface area contributed by atoms with Crippen LogP contribution in [0.15, 0.2) is 107 Å². The van der Waals surface area contributed by atoms with E-state index >= 15 is 0 Å². The highest BCUT2D eigenvalue weighted by atomic mass is 32.2. The molecule has 174 valence electrons. The Morgan fingerprint density at radius 2 is 1.63 bits per heavy atom. The van der Waals surface area contributed by atoms with Crippen molar-refractivity contribution >= 4 is 29.3 Å². The Morgan fingerprint density at radius 3 is 2.43 bits per heavy atom. The number of fused-ring (bicyclic) bond motifs is 2. The van der Waals surface area contributed by atoms with Crippen LogP contribution >= 0.6 is 11.8 Å². The number of hydrogen-bond acceptors (Lipinski definition) is 3. The molecule has 5 rings (SSSR count). The van der Waals surface area contributed by atoms with Crippen LogP contribution in [0.4, 0.5) is 10.1 Å². The zero-order valence-electron chi connectivity index (χ0n) is 19.1. The van der Waals surface area contributed by atoms with E-state index in [1.54, 1.807) is 41.3 Å². The van der Waals surface area contributed by atoms with Gasteiger partial charge in [-0.25, -0.2) is 4.39 Å². The predicted octanol–water partition coefficient (Wildman–Crippen LogP) is 6.63. The molecule has 4 aromatic carbocycles. The predicted molar refractivity (Wildman–Crippen MR) is 136 cm³/mol. The van der Waals surface area contributed by atoms with E-state index in [1.807, 2.05) is 61.5 Å². The first-order chi connectivity index (χ1) is 17.0. The highest BCUT2D eigenvalue weighted by Crippen LogP contribution is 2.42. The Bertz CT molecular complexity index is 1410. The average molecular weight is 483 g/mol. The molecule has 1 aliphatic rings. The molecule has 1 atom stereocenters. The van der Waals surface area contributed by atoms with Gasteiger partial charge in [-0.3, -0.25) is 9.59 Å². The fraction of sp³-hybridized carbons (Fsp3) is 0.103. The van der Waals surface area contributed by atoms with Crippen molar-refractivity contribution in [2.24, 2.45) is 0 Å². The van der Waals surface area contributed by atoms with Crippen LogP contribution in [0.5, 0.6) is 0 Å². The number of carbonyl (C=O) groups excluding carboxylic acids is 2. The number of amides is 2. The summed E-state index contributed by atoms with van der Waals surface area (Å²) in [6.07, 6.45) is 0. The highest BCUT2D eigenvalue weighted by Gasteiger charge is 2.29. The fourth-order valence-corrected chi connectivity index (χ4v) is 5.18. The Hall–Kier alpha value is -3.90. The van der Waals surface area contributed by atoms with E-state index in [-0.39, 0.29) is 30.2 Å². The minimum Gasteiger partial charge on any atom is -0.346 e. The topological polar surface area (TPSA) is 49.4 Å². The summed E-state index contributed by atoms with van der Waals surface area (Å²) >= 11 is 1.47. The van der Waals surface area contributed by atoms with Gasteiger partial charge in [0.25, 0.3) is 11.8 Å². The van der Waals surface area contributed by atoms with Gasteiger partial charge in [0.2, 0.25) is 0 Å². The van der Waals surface area contributed by atoms with E-state index in [2.05, 4.69) is 5.32 Å². The second-order valence-corrected chi connectivity index (χ2v) is 9.45. The number of carbonyl (C=O) groups is 2. The van der Waals surface area contributed by atoms with Gasteiger partial charge in [0.1, 0.15) is 5.82 Å². The molecule has 1 unspecified atom stereocenters. The number of rotatable bonds is 5. The quantitative estimate of drug-likeness (QED) is 0.347. The smallest absolute Gasteiger partial charge is 0.259 e. The summed E-state index contributed by atoms with van der Waals surface area (Å²) in [7, 11) is 0. The van der Waals surface area contributed by atoms with E-state index in [1.165, 1.54) is 17.8 Å². The number of hydrogen-bond donors (Lipinski definition) is 1. The highest BCUT2D eigenvalue weighted by molar-refractivity contribution is 7.99. The molecule has 0 radical (unpaired) electrons. The molecule has 0 fully saturated rings. The van der Waals surface area contributed by atoms with Crippen LogP contribution in [0, 0.1) is 5.82 Å². The van der Waals surface area contributed by atoms with Gasteiger partial charge < -0.3 is 10.2 Å². The summed E-state index contributed by atoms with van der Waals surface area (Å²) in [6.45, 7) is 1.98. The summed E-state index contributed by atoms with van der Waals surface area (Å²) in [5.74, 6) is -0.850. The van der Waals surface area contributed by atoms with Gasteiger partial charge in [-0.15, -0.1) is 0 Å². The van der Waals surface area contributed by atoms with E-state index in [4.69, 9.17) is 0 Å². The third-order valence-electron chi connectivity index (χ3n) is 6.03. The minimum atomic E-state index is -0.377. The first-order valence-electron chi connectivity index (χ1n) is 11.3. The molecule has 0 spiro atoms. The lowest BCUT2D eigenvalue weighted by atomic mass is 10.1. The second kappa shape index (κ2) is 9.76. The van der Waals surface area contributed by atoms with E-state index in [0.717, 1.165) is 15.4 Å². The fourth-order valence-electron chi connectivity index (χ4n) is 4.12. The molecule has 0 aromatic heterocycles. The van der Waals surface area contributed by atoms with E-state index in [9.17, 15) is 14.0 Å². The first-order valence-corrected chi connectivity index (χ1v) is 12.1. The van der Waals surface area contributed by atoms with Crippen molar-refractivity contribution in [2.45, 2.75) is 29.3 Å². The lowest BCUT2D eigenvalue weighted by Gasteiger charge is -2.24. The molecule has 1 heterocycles. The Morgan fingerprint density at radius 1 is 0.914 bits per heavy atom. The largest absolute Gasteiger partial charge is 0.346 e. The summed E-state index contributed by atoms with van der Waals surface area (Å²) in [6, 6.07) is 28.7. The molecule has 0 saturated heterocycles. The Balaban J connectivity index is 1.53. The molecule has 0 bridgehead atoms. The zero-order valence-corrected chi connectivity index (χ0v) is 19.9. The van der Waals surface area contributed by atoms with Crippen LogP contribution < -0.4 is 10.2 Å². The molecular weight excluding hydrogens is 459 g/mol. The van der Waals surface area contributed by atoms with Crippen LogP contribution in [0.3, 0.4) is 0 Å². The minimum absolute atomic E-state index is 0.0545. The van der Waals surface area contributed by atoms with Gasteiger partial charge >= 0.3 is 0 Å². The van der Waals surface area contributed by atoms with Crippen LogP contribution in [0.1, 0.15) is 44.8 Å².